The van der Waals surface area contributed by atoms with Gasteiger partial charge in [0.1, 0.15) is 5.75 Å². The number of anilines is 4. The van der Waals surface area contributed by atoms with Crippen molar-refractivity contribution in [2.75, 3.05) is 10.6 Å². The monoisotopic (exact) mass is 250 g/mol. The van der Waals surface area contributed by atoms with Crippen LogP contribution in [0, 0.1) is 0 Å². The molecule has 0 unspecified atom stereocenters. The van der Waals surface area contributed by atoms with E-state index in [-0.39, 0.29) is 5.75 Å². The average Bonchev–Trinajstić information content (AvgIpc) is 2.43. The summed E-state index contributed by atoms with van der Waals surface area (Å²) in [6.07, 6.45) is 0. The SMILES string of the molecule is Oc1ccc2c(c1)Nc1nc3ccccc3nc1N2. The van der Waals surface area contributed by atoms with Crippen molar-refractivity contribution in [3.63, 3.8) is 0 Å². The summed E-state index contributed by atoms with van der Waals surface area (Å²) in [5, 5.41) is 15.9. The maximum absolute atomic E-state index is 9.50. The van der Waals surface area contributed by atoms with Crippen molar-refractivity contribution in [3.05, 3.63) is 42.5 Å². The molecule has 2 aromatic carbocycles. The van der Waals surface area contributed by atoms with Gasteiger partial charge in [-0.25, -0.2) is 9.97 Å². The molecule has 0 aliphatic carbocycles. The molecule has 1 aromatic heterocycles. The van der Waals surface area contributed by atoms with E-state index in [0.29, 0.717) is 11.6 Å². The van der Waals surface area contributed by atoms with Crippen molar-refractivity contribution in [2.45, 2.75) is 0 Å². The number of nitrogens with one attached hydrogen (secondary N) is 2. The molecule has 5 nitrogen and oxygen atoms in total. The van der Waals surface area contributed by atoms with E-state index in [4.69, 9.17) is 0 Å². The van der Waals surface area contributed by atoms with Gasteiger partial charge in [0.05, 0.1) is 22.4 Å². The van der Waals surface area contributed by atoms with Gasteiger partial charge in [-0.15, -0.1) is 0 Å². The molecule has 5 heteroatoms. The van der Waals surface area contributed by atoms with E-state index >= 15 is 0 Å². The highest BCUT2D eigenvalue weighted by molar-refractivity contribution is 5.91. The first-order valence-corrected chi connectivity index (χ1v) is 5.93. The molecular formula is C14H10N4O. The summed E-state index contributed by atoms with van der Waals surface area (Å²) in [5.41, 5.74) is 3.34. The fourth-order valence-electron chi connectivity index (χ4n) is 2.17. The van der Waals surface area contributed by atoms with Crippen LogP contribution in [0.5, 0.6) is 5.75 Å². The maximum Gasteiger partial charge on any atom is 0.174 e. The predicted octanol–water partition coefficient (Wildman–Crippen LogP) is 3.14. The summed E-state index contributed by atoms with van der Waals surface area (Å²) >= 11 is 0. The Morgan fingerprint density at radius 3 is 2.11 bits per heavy atom. The van der Waals surface area contributed by atoms with Gasteiger partial charge in [-0.2, -0.15) is 0 Å². The van der Waals surface area contributed by atoms with Crippen molar-refractivity contribution in [2.24, 2.45) is 0 Å². The van der Waals surface area contributed by atoms with Crippen molar-refractivity contribution < 1.29 is 5.11 Å². The van der Waals surface area contributed by atoms with Gasteiger partial charge in [-0.3, -0.25) is 0 Å². The minimum absolute atomic E-state index is 0.213. The van der Waals surface area contributed by atoms with Gasteiger partial charge >= 0.3 is 0 Å². The van der Waals surface area contributed by atoms with Crippen LogP contribution < -0.4 is 10.6 Å². The lowest BCUT2D eigenvalue weighted by atomic mass is 10.2. The van der Waals surface area contributed by atoms with Crippen LogP contribution in [0.25, 0.3) is 11.0 Å². The Balaban J connectivity index is 1.90. The van der Waals surface area contributed by atoms with E-state index in [2.05, 4.69) is 20.6 Å². The molecule has 0 amide bonds. The van der Waals surface area contributed by atoms with Crippen LogP contribution in [-0.2, 0) is 0 Å². The largest absolute Gasteiger partial charge is 0.508 e. The van der Waals surface area contributed by atoms with E-state index in [1.807, 2.05) is 24.3 Å². The van der Waals surface area contributed by atoms with E-state index in [9.17, 15) is 5.11 Å². The van der Waals surface area contributed by atoms with Gasteiger partial charge in [0.25, 0.3) is 0 Å². The Kier molecular flexibility index (Phi) is 1.91. The van der Waals surface area contributed by atoms with Gasteiger partial charge in [0, 0.05) is 6.07 Å². The zero-order chi connectivity index (χ0) is 12.8. The van der Waals surface area contributed by atoms with Gasteiger partial charge in [-0.05, 0) is 24.3 Å². The summed E-state index contributed by atoms with van der Waals surface area (Å²) in [6, 6.07) is 12.8. The van der Waals surface area contributed by atoms with Gasteiger partial charge in [0.15, 0.2) is 11.6 Å². The molecule has 0 saturated heterocycles. The lowest BCUT2D eigenvalue weighted by Gasteiger charge is -2.21. The molecule has 3 N–H and O–H groups in total. The highest BCUT2D eigenvalue weighted by atomic mass is 16.3. The van der Waals surface area contributed by atoms with E-state index < -0.39 is 0 Å². The number of rotatable bonds is 0. The van der Waals surface area contributed by atoms with Gasteiger partial charge < -0.3 is 15.7 Å². The number of hydrogen-bond donors (Lipinski definition) is 3. The summed E-state index contributed by atoms with van der Waals surface area (Å²) in [6.45, 7) is 0. The first-order chi connectivity index (χ1) is 9.29. The van der Waals surface area contributed by atoms with Crippen molar-refractivity contribution in [1.29, 1.82) is 0 Å². The number of nitrogens with zero attached hydrogens (tertiary/aromatic N) is 2. The maximum atomic E-state index is 9.50. The highest BCUT2D eigenvalue weighted by Crippen LogP contribution is 2.38. The van der Waals surface area contributed by atoms with Crippen molar-refractivity contribution in [3.8, 4) is 5.75 Å². The second-order valence-corrected chi connectivity index (χ2v) is 4.39. The lowest BCUT2D eigenvalue weighted by Crippen LogP contribution is -2.09. The number of aromatic hydroxyl groups is 1. The first-order valence-electron chi connectivity index (χ1n) is 5.93. The van der Waals surface area contributed by atoms with Crippen LogP contribution in [-0.4, -0.2) is 15.1 Å². The molecule has 0 bridgehead atoms. The second kappa shape index (κ2) is 3.58. The van der Waals surface area contributed by atoms with Crippen LogP contribution in [0.15, 0.2) is 42.5 Å². The summed E-state index contributed by atoms with van der Waals surface area (Å²) in [7, 11) is 0. The lowest BCUT2D eigenvalue weighted by molar-refractivity contribution is 0.475. The molecule has 0 saturated carbocycles. The standard InChI is InChI=1S/C14H10N4O/c19-8-5-6-11-12(7-8)18-14-13(17-11)15-9-3-1-2-4-10(9)16-14/h1-7,19H,(H,15,17)(H,16,18). The molecule has 1 aliphatic heterocycles. The van der Waals surface area contributed by atoms with Crippen molar-refractivity contribution in [1.82, 2.24) is 9.97 Å². The Labute approximate surface area is 108 Å². The number of aromatic nitrogens is 2. The zero-order valence-electron chi connectivity index (χ0n) is 9.88. The second-order valence-electron chi connectivity index (χ2n) is 4.39. The quantitative estimate of drug-likeness (QED) is 0.418. The minimum atomic E-state index is 0.213. The van der Waals surface area contributed by atoms with Gasteiger partial charge in [-0.1, -0.05) is 12.1 Å². The minimum Gasteiger partial charge on any atom is -0.508 e. The van der Waals surface area contributed by atoms with Crippen LogP contribution in [0.2, 0.25) is 0 Å². The normalized spacial score (nSPS) is 12.2. The number of hydrogen-bond acceptors (Lipinski definition) is 5. The number of phenolic OH excluding ortho intramolecular Hbond substituents is 1. The highest BCUT2D eigenvalue weighted by Gasteiger charge is 2.17. The number of phenols is 1. The van der Waals surface area contributed by atoms with Crippen LogP contribution in [0.3, 0.4) is 0 Å². The molecule has 19 heavy (non-hydrogen) atoms. The third-order valence-electron chi connectivity index (χ3n) is 3.08. The number of benzene rings is 2. The first kappa shape index (κ1) is 10.1. The molecule has 1 aliphatic rings. The molecular weight excluding hydrogens is 240 g/mol. The molecule has 2 heterocycles. The Bertz CT molecular complexity index is 801. The zero-order valence-corrected chi connectivity index (χ0v) is 9.88. The molecule has 3 aromatic rings. The van der Waals surface area contributed by atoms with Crippen molar-refractivity contribution >= 4 is 34.0 Å². The fraction of sp³-hybridized carbons (Fsp3) is 0. The molecule has 0 atom stereocenters. The number of para-hydroxylation sites is 2. The predicted molar refractivity (Wildman–Crippen MR) is 74.2 cm³/mol. The third-order valence-corrected chi connectivity index (χ3v) is 3.08. The number of fused-ring (bicyclic) bond motifs is 3. The summed E-state index contributed by atoms with van der Waals surface area (Å²) < 4.78 is 0. The van der Waals surface area contributed by atoms with Crippen LogP contribution in [0.4, 0.5) is 23.0 Å². The molecule has 0 fully saturated rings. The van der Waals surface area contributed by atoms with E-state index in [1.54, 1.807) is 18.2 Å². The van der Waals surface area contributed by atoms with Crippen LogP contribution >= 0.6 is 0 Å². The topological polar surface area (TPSA) is 70.1 Å². The van der Waals surface area contributed by atoms with E-state index in [0.717, 1.165) is 22.4 Å². The Morgan fingerprint density at radius 1 is 0.789 bits per heavy atom. The molecule has 92 valence electrons. The Morgan fingerprint density at radius 2 is 1.42 bits per heavy atom. The smallest absolute Gasteiger partial charge is 0.174 e. The summed E-state index contributed by atoms with van der Waals surface area (Å²) in [5.74, 6) is 1.57. The molecule has 0 spiro atoms. The molecule has 4 rings (SSSR count). The third kappa shape index (κ3) is 1.55. The van der Waals surface area contributed by atoms with Gasteiger partial charge in [0.2, 0.25) is 0 Å². The average molecular weight is 250 g/mol. The Hall–Kier alpha value is -2.82. The van der Waals surface area contributed by atoms with Crippen LogP contribution in [0.1, 0.15) is 0 Å². The van der Waals surface area contributed by atoms with E-state index in [1.165, 1.54) is 0 Å². The molecule has 0 radical (unpaired) electrons. The fourth-order valence-corrected chi connectivity index (χ4v) is 2.17. The summed E-state index contributed by atoms with van der Waals surface area (Å²) in [4.78, 5) is 9.06.